The standard InChI is InChI=1S/C16H18NO3/c1-2-11(15-10-20-8-6-17-15)12-3-4-16(18)14-9-19-7-5-13(12)14/h2-5,7,9,11,15,17H,6,8,10H2,1H3. The van der Waals surface area contributed by atoms with Crippen LogP contribution in [0.5, 0.6) is 0 Å². The van der Waals surface area contributed by atoms with E-state index >= 15 is 0 Å². The van der Waals surface area contributed by atoms with Gasteiger partial charge < -0.3 is 14.5 Å². The molecule has 20 heavy (non-hydrogen) atoms. The van der Waals surface area contributed by atoms with Gasteiger partial charge in [-0.2, -0.15) is 0 Å². The second-order valence-corrected chi connectivity index (χ2v) is 5.03. The number of hydrogen-bond donors (Lipinski definition) is 1. The molecule has 3 aliphatic rings. The van der Waals surface area contributed by atoms with Gasteiger partial charge in [0.1, 0.15) is 6.26 Å². The van der Waals surface area contributed by atoms with Crippen LogP contribution in [0.2, 0.25) is 0 Å². The van der Waals surface area contributed by atoms with Crippen molar-refractivity contribution < 1.29 is 9.15 Å². The molecule has 0 aromatic rings. The van der Waals surface area contributed by atoms with Gasteiger partial charge in [-0.15, -0.1) is 0 Å². The number of rotatable bonds is 3. The Balaban J connectivity index is 2.04. The molecule has 0 aromatic carbocycles. The van der Waals surface area contributed by atoms with Gasteiger partial charge in [0.2, 0.25) is 0 Å². The van der Waals surface area contributed by atoms with Crippen LogP contribution in [0.25, 0.3) is 11.1 Å². The summed E-state index contributed by atoms with van der Waals surface area (Å²) in [5.41, 5.74) is 2.73. The maximum absolute atomic E-state index is 11.9. The quantitative estimate of drug-likeness (QED) is 0.929. The van der Waals surface area contributed by atoms with Gasteiger partial charge in [0.05, 0.1) is 25.0 Å². The average molecular weight is 272 g/mol. The average Bonchev–Trinajstić information content (AvgIpc) is 2.52. The van der Waals surface area contributed by atoms with E-state index in [-0.39, 0.29) is 17.4 Å². The topological polar surface area (TPSA) is 51.5 Å². The summed E-state index contributed by atoms with van der Waals surface area (Å²) in [7, 11) is 0. The maximum Gasteiger partial charge on any atom is 0.189 e. The lowest BCUT2D eigenvalue weighted by Gasteiger charge is -2.32. The molecule has 1 fully saturated rings. The lowest BCUT2D eigenvalue weighted by molar-refractivity contribution is 0.0711. The van der Waals surface area contributed by atoms with E-state index in [9.17, 15) is 4.79 Å². The summed E-state index contributed by atoms with van der Waals surface area (Å²) in [5.74, 6) is 0.209. The predicted octanol–water partition coefficient (Wildman–Crippen LogP) is 2.04. The van der Waals surface area contributed by atoms with Crippen LogP contribution in [0.1, 0.15) is 18.4 Å². The predicted molar refractivity (Wildman–Crippen MR) is 76.9 cm³/mol. The van der Waals surface area contributed by atoms with Crippen molar-refractivity contribution in [2.75, 3.05) is 19.8 Å². The van der Waals surface area contributed by atoms with E-state index in [1.165, 1.54) is 6.26 Å². The van der Waals surface area contributed by atoms with Crippen LogP contribution in [0.15, 0.2) is 39.9 Å². The van der Waals surface area contributed by atoms with Crippen molar-refractivity contribution in [2.45, 2.75) is 18.9 Å². The van der Waals surface area contributed by atoms with Gasteiger partial charge in [0, 0.05) is 18.5 Å². The van der Waals surface area contributed by atoms with Crippen molar-refractivity contribution in [1.29, 1.82) is 0 Å². The summed E-state index contributed by atoms with van der Waals surface area (Å²) in [4.78, 5) is 11.9. The Kier molecular flexibility index (Phi) is 3.85. The van der Waals surface area contributed by atoms with Crippen LogP contribution < -0.4 is 10.7 Å². The SMILES string of the molecule is C[CH]C(c1ccc(=O)c2coccc1-2)C1COCCN1. The largest absolute Gasteiger partial charge is 0.472 e. The van der Waals surface area contributed by atoms with Gasteiger partial charge >= 0.3 is 0 Å². The molecule has 1 N–H and O–H groups in total. The van der Waals surface area contributed by atoms with E-state index in [0.29, 0.717) is 12.2 Å². The van der Waals surface area contributed by atoms with Crippen molar-refractivity contribution >= 4 is 0 Å². The molecule has 3 rings (SSSR count). The van der Waals surface area contributed by atoms with E-state index in [1.54, 1.807) is 12.3 Å². The summed E-state index contributed by atoms with van der Waals surface area (Å²) in [6, 6.07) is 5.65. The van der Waals surface area contributed by atoms with Crippen molar-refractivity contribution in [1.82, 2.24) is 5.32 Å². The number of hydrogen-bond acceptors (Lipinski definition) is 4. The van der Waals surface area contributed by atoms with Crippen LogP contribution in [0, 0.1) is 6.42 Å². The molecule has 1 radical (unpaired) electrons. The second-order valence-electron chi connectivity index (χ2n) is 5.03. The van der Waals surface area contributed by atoms with Crippen molar-refractivity contribution in [3.63, 3.8) is 0 Å². The minimum Gasteiger partial charge on any atom is -0.472 e. The van der Waals surface area contributed by atoms with Gasteiger partial charge in [-0.05, 0) is 29.7 Å². The highest BCUT2D eigenvalue weighted by Gasteiger charge is 2.27. The Labute approximate surface area is 118 Å². The third-order valence-corrected chi connectivity index (χ3v) is 3.88. The minimum absolute atomic E-state index is 0.00388. The first kappa shape index (κ1) is 13.3. The Morgan fingerprint density at radius 2 is 2.25 bits per heavy atom. The van der Waals surface area contributed by atoms with Crippen LogP contribution in [-0.4, -0.2) is 25.8 Å². The Morgan fingerprint density at radius 1 is 1.35 bits per heavy atom. The zero-order chi connectivity index (χ0) is 13.9. The van der Waals surface area contributed by atoms with Crippen LogP contribution in [0.4, 0.5) is 0 Å². The van der Waals surface area contributed by atoms with Gasteiger partial charge in [0.15, 0.2) is 5.43 Å². The smallest absolute Gasteiger partial charge is 0.189 e. The molecule has 2 unspecified atom stereocenters. The summed E-state index contributed by atoms with van der Waals surface area (Å²) in [5, 5.41) is 3.49. The fourth-order valence-electron chi connectivity index (χ4n) is 2.89. The number of benzene rings is 1. The molecule has 4 heteroatoms. The van der Waals surface area contributed by atoms with Crippen molar-refractivity contribution in [2.24, 2.45) is 0 Å². The number of fused-ring (bicyclic) bond motifs is 1. The molecular weight excluding hydrogens is 254 g/mol. The van der Waals surface area contributed by atoms with Crippen molar-refractivity contribution in [3.05, 3.63) is 52.9 Å². The first-order valence-corrected chi connectivity index (χ1v) is 6.91. The lowest BCUT2D eigenvalue weighted by atomic mass is 9.84. The molecule has 0 amide bonds. The van der Waals surface area contributed by atoms with Crippen LogP contribution >= 0.6 is 0 Å². The highest BCUT2D eigenvalue weighted by molar-refractivity contribution is 5.68. The highest BCUT2D eigenvalue weighted by Crippen LogP contribution is 2.32. The maximum atomic E-state index is 11.9. The summed E-state index contributed by atoms with van der Waals surface area (Å²) in [6.45, 7) is 4.35. The van der Waals surface area contributed by atoms with E-state index < -0.39 is 0 Å². The molecule has 1 aliphatic carbocycles. The Hall–Kier alpha value is -1.65. The fraction of sp³-hybridized carbons (Fsp3) is 0.375. The highest BCUT2D eigenvalue weighted by atomic mass is 16.5. The molecule has 0 bridgehead atoms. The third kappa shape index (κ3) is 2.37. The molecular formula is C16H18NO3. The van der Waals surface area contributed by atoms with Gasteiger partial charge in [0.25, 0.3) is 0 Å². The van der Waals surface area contributed by atoms with Crippen LogP contribution in [-0.2, 0) is 4.74 Å². The zero-order valence-corrected chi connectivity index (χ0v) is 11.5. The fourth-order valence-corrected chi connectivity index (χ4v) is 2.89. The van der Waals surface area contributed by atoms with E-state index in [4.69, 9.17) is 9.15 Å². The molecule has 0 saturated carbocycles. The summed E-state index contributed by atoms with van der Waals surface area (Å²) >= 11 is 0. The first-order valence-electron chi connectivity index (χ1n) is 6.91. The third-order valence-electron chi connectivity index (χ3n) is 3.88. The Bertz CT molecular complexity index is 601. The lowest BCUT2D eigenvalue weighted by Crippen LogP contribution is -2.45. The van der Waals surface area contributed by atoms with Gasteiger partial charge in [-0.1, -0.05) is 13.0 Å². The van der Waals surface area contributed by atoms with Gasteiger partial charge in [-0.3, -0.25) is 4.79 Å². The normalized spacial score (nSPS) is 20.9. The molecule has 2 atom stereocenters. The monoisotopic (exact) mass is 272 g/mol. The molecule has 1 saturated heterocycles. The molecule has 4 nitrogen and oxygen atoms in total. The first-order chi connectivity index (χ1) is 9.81. The van der Waals surface area contributed by atoms with Crippen molar-refractivity contribution in [3.8, 4) is 11.1 Å². The second kappa shape index (κ2) is 5.77. The molecule has 105 valence electrons. The molecule has 2 aliphatic heterocycles. The molecule has 2 heterocycles. The van der Waals surface area contributed by atoms with E-state index in [2.05, 4.69) is 11.7 Å². The summed E-state index contributed by atoms with van der Waals surface area (Å²) < 4.78 is 10.7. The number of morpholine rings is 1. The van der Waals surface area contributed by atoms with Gasteiger partial charge in [-0.25, -0.2) is 0 Å². The summed E-state index contributed by atoms with van der Waals surface area (Å²) in [6.07, 6.45) is 5.30. The van der Waals surface area contributed by atoms with E-state index in [1.807, 2.05) is 19.1 Å². The minimum atomic E-state index is -0.00388. The van der Waals surface area contributed by atoms with Crippen LogP contribution in [0.3, 0.4) is 0 Å². The number of ether oxygens (including phenoxy) is 1. The Morgan fingerprint density at radius 3 is 3.00 bits per heavy atom. The number of nitrogens with one attached hydrogen (secondary N) is 1. The van der Waals surface area contributed by atoms with E-state index in [0.717, 1.165) is 24.3 Å². The molecule has 0 aromatic heterocycles. The molecule has 0 spiro atoms. The zero-order valence-electron chi connectivity index (χ0n) is 11.5.